The first-order valence-electron chi connectivity index (χ1n) is 6.24. The van der Waals surface area contributed by atoms with Crippen molar-refractivity contribution in [2.75, 3.05) is 5.73 Å². The summed E-state index contributed by atoms with van der Waals surface area (Å²) in [4.78, 5) is 11.8. The fourth-order valence-corrected chi connectivity index (χ4v) is 2.66. The summed E-state index contributed by atoms with van der Waals surface area (Å²) in [6.45, 7) is 1.57. The molecule has 20 heavy (non-hydrogen) atoms. The summed E-state index contributed by atoms with van der Waals surface area (Å²) in [5.74, 6) is 0.0338. The van der Waals surface area contributed by atoms with Gasteiger partial charge in [-0.15, -0.1) is 0 Å². The summed E-state index contributed by atoms with van der Waals surface area (Å²) in [6, 6.07) is 13.1. The molecule has 0 aliphatic rings. The molecule has 1 aromatic heterocycles. The minimum Gasteiger partial charge on any atom is -0.399 e. The number of hydrogen-bond donors (Lipinski definition) is 1. The molecule has 100 valence electrons. The molecule has 0 amide bonds. The molecule has 0 fully saturated rings. The lowest BCUT2D eigenvalue weighted by Gasteiger charge is -2.08. The molecular weight excluding hydrogens is 272 g/mol. The zero-order chi connectivity index (χ0) is 14.3. The molecular formula is C16H13ClN2O. The number of Topliss-reactive ketones (excluding diaryl/α,β-unsaturated/α-hetero) is 1. The lowest BCUT2D eigenvalue weighted by molar-refractivity contribution is 0.101. The van der Waals surface area contributed by atoms with Gasteiger partial charge in [-0.05, 0) is 31.2 Å². The maximum atomic E-state index is 11.8. The van der Waals surface area contributed by atoms with Crippen LogP contribution in [-0.2, 0) is 0 Å². The topological polar surface area (TPSA) is 48.0 Å². The summed E-state index contributed by atoms with van der Waals surface area (Å²) in [7, 11) is 0. The number of nitrogens with two attached hydrogens (primary N) is 1. The van der Waals surface area contributed by atoms with E-state index in [1.165, 1.54) is 0 Å². The van der Waals surface area contributed by atoms with Gasteiger partial charge in [0, 0.05) is 22.8 Å². The van der Waals surface area contributed by atoms with E-state index < -0.39 is 0 Å². The highest BCUT2D eigenvalue weighted by molar-refractivity contribution is 6.32. The maximum absolute atomic E-state index is 11.8. The molecule has 3 aromatic rings. The van der Waals surface area contributed by atoms with E-state index in [-0.39, 0.29) is 5.78 Å². The standard InChI is InChI=1S/C16H13ClN2O/c1-10(20)13-9-19(15-5-3-2-4-12(13)15)16-7-6-11(18)8-14(16)17/h2-9H,18H2,1H3. The highest BCUT2D eigenvalue weighted by Crippen LogP contribution is 2.29. The van der Waals surface area contributed by atoms with Crippen LogP contribution in [0.2, 0.25) is 5.02 Å². The van der Waals surface area contributed by atoms with Crippen molar-refractivity contribution in [3.05, 3.63) is 59.2 Å². The Morgan fingerprint density at radius 1 is 1.20 bits per heavy atom. The predicted octanol–water partition coefficient (Wildman–Crippen LogP) is 4.07. The Bertz CT molecular complexity index is 820. The van der Waals surface area contributed by atoms with Crippen LogP contribution in [0, 0.1) is 0 Å². The minimum atomic E-state index is 0.0338. The number of fused-ring (bicyclic) bond motifs is 1. The van der Waals surface area contributed by atoms with E-state index in [1.807, 2.05) is 41.1 Å². The summed E-state index contributed by atoms with van der Waals surface area (Å²) >= 11 is 6.27. The molecule has 0 spiro atoms. The van der Waals surface area contributed by atoms with Gasteiger partial charge in [0.1, 0.15) is 0 Å². The molecule has 3 nitrogen and oxygen atoms in total. The van der Waals surface area contributed by atoms with E-state index in [2.05, 4.69) is 0 Å². The highest BCUT2D eigenvalue weighted by atomic mass is 35.5. The minimum absolute atomic E-state index is 0.0338. The van der Waals surface area contributed by atoms with E-state index in [0.717, 1.165) is 16.6 Å². The first-order chi connectivity index (χ1) is 9.58. The Morgan fingerprint density at radius 2 is 1.95 bits per heavy atom. The van der Waals surface area contributed by atoms with Gasteiger partial charge in [-0.1, -0.05) is 29.8 Å². The van der Waals surface area contributed by atoms with Crippen LogP contribution in [0.15, 0.2) is 48.7 Å². The van der Waals surface area contributed by atoms with Gasteiger partial charge in [0.2, 0.25) is 0 Å². The molecule has 0 unspecified atom stereocenters. The van der Waals surface area contributed by atoms with Crippen molar-refractivity contribution in [1.29, 1.82) is 0 Å². The SMILES string of the molecule is CC(=O)c1cn(-c2ccc(N)cc2Cl)c2ccccc12. The smallest absolute Gasteiger partial charge is 0.161 e. The van der Waals surface area contributed by atoms with Crippen molar-refractivity contribution in [3.8, 4) is 5.69 Å². The summed E-state index contributed by atoms with van der Waals surface area (Å²) < 4.78 is 1.92. The molecule has 0 bridgehead atoms. The van der Waals surface area contributed by atoms with Crippen molar-refractivity contribution in [3.63, 3.8) is 0 Å². The number of ketones is 1. The lowest BCUT2D eigenvalue weighted by Crippen LogP contribution is -1.95. The molecule has 0 radical (unpaired) electrons. The number of nitrogen functional groups attached to an aromatic ring is 1. The molecule has 1 heterocycles. The number of para-hydroxylation sites is 1. The number of carbonyl (C=O) groups is 1. The number of aromatic nitrogens is 1. The van der Waals surface area contributed by atoms with Crippen LogP contribution in [-0.4, -0.2) is 10.4 Å². The maximum Gasteiger partial charge on any atom is 0.161 e. The van der Waals surface area contributed by atoms with Crippen LogP contribution < -0.4 is 5.73 Å². The summed E-state index contributed by atoms with van der Waals surface area (Å²) in [5, 5.41) is 1.48. The number of carbonyl (C=O) groups excluding carboxylic acids is 1. The largest absolute Gasteiger partial charge is 0.399 e. The lowest BCUT2D eigenvalue weighted by atomic mass is 10.1. The third-order valence-electron chi connectivity index (χ3n) is 3.32. The second kappa shape index (κ2) is 4.69. The molecule has 0 saturated carbocycles. The fourth-order valence-electron chi connectivity index (χ4n) is 2.38. The molecule has 0 saturated heterocycles. The van der Waals surface area contributed by atoms with Crippen LogP contribution in [0.3, 0.4) is 0 Å². The molecule has 0 atom stereocenters. The third kappa shape index (κ3) is 1.96. The monoisotopic (exact) mass is 284 g/mol. The van der Waals surface area contributed by atoms with E-state index in [0.29, 0.717) is 16.3 Å². The zero-order valence-electron chi connectivity index (χ0n) is 10.9. The van der Waals surface area contributed by atoms with Gasteiger partial charge in [0.25, 0.3) is 0 Å². The Kier molecular flexibility index (Phi) is 2.99. The molecule has 0 aliphatic heterocycles. The average molecular weight is 285 g/mol. The summed E-state index contributed by atoms with van der Waals surface area (Å²) in [6.07, 6.45) is 1.82. The van der Waals surface area contributed by atoms with E-state index >= 15 is 0 Å². The van der Waals surface area contributed by atoms with Gasteiger partial charge < -0.3 is 10.3 Å². The number of hydrogen-bond acceptors (Lipinski definition) is 2. The van der Waals surface area contributed by atoms with Crippen molar-refractivity contribution in [2.45, 2.75) is 6.92 Å². The van der Waals surface area contributed by atoms with Crippen LogP contribution >= 0.6 is 11.6 Å². The normalized spacial score (nSPS) is 10.9. The van der Waals surface area contributed by atoms with Crippen molar-refractivity contribution in [2.24, 2.45) is 0 Å². The van der Waals surface area contributed by atoms with Crippen LogP contribution in [0.4, 0.5) is 5.69 Å². The van der Waals surface area contributed by atoms with Crippen LogP contribution in [0.1, 0.15) is 17.3 Å². The Labute approximate surface area is 121 Å². The van der Waals surface area contributed by atoms with Crippen molar-refractivity contribution in [1.82, 2.24) is 4.57 Å². The third-order valence-corrected chi connectivity index (χ3v) is 3.63. The Morgan fingerprint density at radius 3 is 2.65 bits per heavy atom. The Balaban J connectivity index is 2.34. The van der Waals surface area contributed by atoms with Crippen molar-refractivity contribution >= 4 is 34.0 Å². The van der Waals surface area contributed by atoms with Gasteiger partial charge in [-0.2, -0.15) is 0 Å². The molecule has 0 aliphatic carbocycles. The van der Waals surface area contributed by atoms with Crippen molar-refractivity contribution < 1.29 is 4.79 Å². The molecule has 3 rings (SSSR count). The number of nitrogens with zero attached hydrogens (tertiary/aromatic N) is 1. The van der Waals surface area contributed by atoms with Gasteiger partial charge >= 0.3 is 0 Å². The van der Waals surface area contributed by atoms with E-state index in [1.54, 1.807) is 19.1 Å². The number of halogens is 1. The second-order valence-electron chi connectivity index (χ2n) is 4.70. The van der Waals surface area contributed by atoms with Gasteiger partial charge in [0.15, 0.2) is 5.78 Å². The number of rotatable bonds is 2. The zero-order valence-corrected chi connectivity index (χ0v) is 11.7. The molecule has 4 heteroatoms. The fraction of sp³-hybridized carbons (Fsp3) is 0.0625. The quantitative estimate of drug-likeness (QED) is 0.569. The predicted molar refractivity (Wildman–Crippen MR) is 82.7 cm³/mol. The number of anilines is 1. The number of benzene rings is 2. The summed E-state index contributed by atoms with van der Waals surface area (Å²) in [5.41, 5.74) is 8.78. The second-order valence-corrected chi connectivity index (χ2v) is 5.10. The highest BCUT2D eigenvalue weighted by Gasteiger charge is 2.14. The van der Waals surface area contributed by atoms with E-state index in [4.69, 9.17) is 17.3 Å². The van der Waals surface area contributed by atoms with Crippen LogP contribution in [0.5, 0.6) is 0 Å². The average Bonchev–Trinajstić information content (AvgIpc) is 2.78. The van der Waals surface area contributed by atoms with Gasteiger partial charge in [0.05, 0.1) is 16.2 Å². The molecule has 2 N–H and O–H groups in total. The van der Waals surface area contributed by atoms with Crippen LogP contribution in [0.25, 0.3) is 16.6 Å². The molecule has 2 aromatic carbocycles. The first-order valence-corrected chi connectivity index (χ1v) is 6.62. The van der Waals surface area contributed by atoms with Gasteiger partial charge in [-0.3, -0.25) is 4.79 Å². The van der Waals surface area contributed by atoms with Gasteiger partial charge in [-0.25, -0.2) is 0 Å². The van der Waals surface area contributed by atoms with E-state index in [9.17, 15) is 4.79 Å². The first kappa shape index (κ1) is 12.8. The Hall–Kier alpha value is -2.26.